The third-order valence-electron chi connectivity index (χ3n) is 6.90. The molecule has 0 radical (unpaired) electrons. The number of rotatable bonds is 7. The first kappa shape index (κ1) is 24.1. The van der Waals surface area contributed by atoms with Crippen LogP contribution >= 0.6 is 0 Å². The van der Waals surface area contributed by atoms with Gasteiger partial charge in [0.1, 0.15) is 17.3 Å². The Labute approximate surface area is 200 Å². The highest BCUT2D eigenvalue weighted by molar-refractivity contribution is 5.92. The van der Waals surface area contributed by atoms with Gasteiger partial charge < -0.3 is 4.90 Å². The zero-order valence-electron chi connectivity index (χ0n) is 20.0. The molecule has 0 N–H and O–H groups in total. The van der Waals surface area contributed by atoms with E-state index in [-0.39, 0.29) is 17.8 Å². The Hall–Kier alpha value is -3.06. The minimum atomic E-state index is -0.417. The maximum Gasteiger partial charge on any atom is 0.272 e. The lowest BCUT2D eigenvalue weighted by Crippen LogP contribution is -2.47. The van der Waals surface area contributed by atoms with Crippen molar-refractivity contribution < 1.29 is 13.6 Å². The van der Waals surface area contributed by atoms with Crippen molar-refractivity contribution in [3.8, 4) is 0 Å². The lowest BCUT2D eigenvalue weighted by Gasteiger charge is -2.40. The maximum absolute atomic E-state index is 14.1. The van der Waals surface area contributed by atoms with Gasteiger partial charge in [-0.25, -0.2) is 8.78 Å². The molecule has 1 aliphatic heterocycles. The number of piperidine rings is 1. The fourth-order valence-electron chi connectivity index (χ4n) is 5.02. The molecule has 4 rings (SSSR count). The highest BCUT2D eigenvalue weighted by Crippen LogP contribution is 2.28. The number of carbonyl (C=O) groups excluding carboxylic acids is 1. The van der Waals surface area contributed by atoms with Crippen LogP contribution in [0.3, 0.4) is 0 Å². The zero-order chi connectivity index (χ0) is 24.2. The molecule has 0 bridgehead atoms. The summed E-state index contributed by atoms with van der Waals surface area (Å²) < 4.78 is 29.3. The molecule has 2 aromatic carbocycles. The molecule has 3 aromatic rings. The molecule has 7 heteroatoms. The molecule has 1 fully saturated rings. The smallest absolute Gasteiger partial charge is 0.272 e. The van der Waals surface area contributed by atoms with Crippen LogP contribution in [-0.2, 0) is 20.0 Å². The Kier molecular flexibility index (Phi) is 7.41. The maximum atomic E-state index is 14.1. The Morgan fingerprint density at radius 1 is 1.12 bits per heavy atom. The van der Waals surface area contributed by atoms with Gasteiger partial charge in [0.05, 0.1) is 5.69 Å². The lowest BCUT2D eigenvalue weighted by molar-refractivity contribution is 0.0574. The van der Waals surface area contributed by atoms with Crippen molar-refractivity contribution in [2.75, 3.05) is 20.1 Å². The summed E-state index contributed by atoms with van der Waals surface area (Å²) in [4.78, 5) is 17.4. The summed E-state index contributed by atoms with van der Waals surface area (Å²) in [5, 5.41) is 4.34. The van der Waals surface area contributed by atoms with E-state index in [9.17, 15) is 13.6 Å². The van der Waals surface area contributed by atoms with Gasteiger partial charge in [0, 0.05) is 32.2 Å². The topological polar surface area (TPSA) is 41.4 Å². The van der Waals surface area contributed by atoms with Crippen molar-refractivity contribution in [1.82, 2.24) is 19.6 Å². The van der Waals surface area contributed by atoms with E-state index in [0.717, 1.165) is 44.1 Å². The number of hydrogen-bond acceptors (Lipinski definition) is 3. The van der Waals surface area contributed by atoms with Crippen molar-refractivity contribution >= 4 is 5.91 Å². The van der Waals surface area contributed by atoms with Gasteiger partial charge >= 0.3 is 0 Å². The number of aryl methyl sites for hydroxylation is 2. The fraction of sp³-hybridized carbons (Fsp3) is 0.407. The quantitative estimate of drug-likeness (QED) is 0.511. The number of likely N-dealkylation sites (tertiary alicyclic amines) is 1. The number of benzene rings is 2. The van der Waals surface area contributed by atoms with Gasteiger partial charge in [0.15, 0.2) is 0 Å². The Morgan fingerprint density at radius 2 is 1.82 bits per heavy atom. The second kappa shape index (κ2) is 10.5. The highest BCUT2D eigenvalue weighted by atomic mass is 19.1. The van der Waals surface area contributed by atoms with Crippen LogP contribution in [0.25, 0.3) is 0 Å². The van der Waals surface area contributed by atoms with E-state index in [1.165, 1.54) is 17.7 Å². The molecule has 0 saturated carbocycles. The van der Waals surface area contributed by atoms with E-state index < -0.39 is 5.82 Å². The SMILES string of the molecule is Cc1cc(C(=O)N(C)[C@H](Cc2ccccc2)C2CCN(Cc3cc(F)ccc3F)CC2)n(C)n1. The van der Waals surface area contributed by atoms with E-state index in [4.69, 9.17) is 0 Å². The molecular formula is C27H32F2N4O. The van der Waals surface area contributed by atoms with Crippen LogP contribution in [0.5, 0.6) is 0 Å². The van der Waals surface area contributed by atoms with Gasteiger partial charge in [-0.05, 0) is 75.0 Å². The number of amides is 1. The molecule has 0 spiro atoms. The van der Waals surface area contributed by atoms with Gasteiger partial charge in [-0.15, -0.1) is 0 Å². The van der Waals surface area contributed by atoms with Gasteiger partial charge in [0.25, 0.3) is 5.91 Å². The number of halogens is 2. The molecule has 34 heavy (non-hydrogen) atoms. The number of nitrogens with zero attached hydrogens (tertiary/aromatic N) is 4. The van der Waals surface area contributed by atoms with Crippen LogP contribution < -0.4 is 0 Å². The van der Waals surface area contributed by atoms with Crippen LogP contribution in [0, 0.1) is 24.5 Å². The largest absolute Gasteiger partial charge is 0.337 e. The highest BCUT2D eigenvalue weighted by Gasteiger charge is 2.33. The third-order valence-corrected chi connectivity index (χ3v) is 6.90. The van der Waals surface area contributed by atoms with Crippen molar-refractivity contribution in [2.24, 2.45) is 13.0 Å². The van der Waals surface area contributed by atoms with Crippen molar-refractivity contribution in [3.05, 3.63) is 88.7 Å². The van der Waals surface area contributed by atoms with Gasteiger partial charge in [-0.2, -0.15) is 5.10 Å². The molecule has 1 saturated heterocycles. The standard InChI is InChI=1S/C27H32F2N4O/c1-19-15-26(32(3)30-19)27(34)31(2)25(16-20-7-5-4-6-8-20)21-11-13-33(14-12-21)18-22-17-23(28)9-10-24(22)29/h4-10,15,17,21,25H,11-14,16,18H2,1-3H3/t25-/m1/s1. The number of carbonyl (C=O) groups is 1. The molecule has 1 amide bonds. The minimum Gasteiger partial charge on any atom is -0.337 e. The monoisotopic (exact) mass is 466 g/mol. The van der Waals surface area contributed by atoms with Crippen LogP contribution in [-0.4, -0.2) is 51.7 Å². The first-order chi connectivity index (χ1) is 16.3. The van der Waals surface area contributed by atoms with Crippen LogP contribution in [0.1, 0.15) is 40.2 Å². The zero-order valence-corrected chi connectivity index (χ0v) is 20.0. The summed E-state index contributed by atoms with van der Waals surface area (Å²) in [6, 6.07) is 15.7. The van der Waals surface area contributed by atoms with Gasteiger partial charge in [-0.1, -0.05) is 30.3 Å². The Morgan fingerprint density at radius 3 is 2.47 bits per heavy atom. The van der Waals surface area contributed by atoms with Crippen molar-refractivity contribution in [2.45, 2.75) is 38.8 Å². The summed E-state index contributed by atoms with van der Waals surface area (Å²) in [5.41, 5.74) is 2.98. The number of aromatic nitrogens is 2. The first-order valence-corrected chi connectivity index (χ1v) is 11.8. The molecular weight excluding hydrogens is 434 g/mol. The molecule has 1 atom stereocenters. The second-order valence-corrected chi connectivity index (χ2v) is 9.32. The Balaban J connectivity index is 1.48. The second-order valence-electron chi connectivity index (χ2n) is 9.32. The molecule has 5 nitrogen and oxygen atoms in total. The van der Waals surface area contributed by atoms with E-state index in [0.29, 0.717) is 23.7 Å². The molecule has 180 valence electrons. The fourth-order valence-corrected chi connectivity index (χ4v) is 5.02. The summed E-state index contributed by atoms with van der Waals surface area (Å²) in [6.07, 6.45) is 2.54. The molecule has 2 heterocycles. The normalized spacial score (nSPS) is 15.9. The predicted octanol–water partition coefficient (Wildman–Crippen LogP) is 4.60. The third kappa shape index (κ3) is 5.53. The summed E-state index contributed by atoms with van der Waals surface area (Å²) in [6.45, 7) is 3.83. The molecule has 1 aliphatic rings. The number of likely N-dealkylation sites (N-methyl/N-ethyl adjacent to an activating group) is 1. The van der Waals surface area contributed by atoms with Gasteiger partial charge in [-0.3, -0.25) is 14.4 Å². The van der Waals surface area contributed by atoms with Crippen molar-refractivity contribution in [1.29, 1.82) is 0 Å². The summed E-state index contributed by atoms with van der Waals surface area (Å²) >= 11 is 0. The van der Waals surface area contributed by atoms with E-state index in [1.54, 1.807) is 11.7 Å². The first-order valence-electron chi connectivity index (χ1n) is 11.8. The molecule has 0 unspecified atom stereocenters. The predicted molar refractivity (Wildman–Crippen MR) is 128 cm³/mol. The Bertz CT molecular complexity index is 1120. The van der Waals surface area contributed by atoms with E-state index >= 15 is 0 Å². The lowest BCUT2D eigenvalue weighted by atomic mass is 9.84. The average molecular weight is 467 g/mol. The van der Waals surface area contributed by atoms with Crippen molar-refractivity contribution in [3.63, 3.8) is 0 Å². The molecule has 0 aliphatic carbocycles. The van der Waals surface area contributed by atoms with E-state index in [1.807, 2.05) is 43.1 Å². The van der Waals surface area contributed by atoms with Gasteiger partial charge in [0.2, 0.25) is 0 Å². The average Bonchev–Trinajstić information content (AvgIpc) is 3.18. The van der Waals surface area contributed by atoms with Crippen LogP contribution in [0.2, 0.25) is 0 Å². The van der Waals surface area contributed by atoms with Crippen LogP contribution in [0.4, 0.5) is 8.78 Å². The van der Waals surface area contributed by atoms with Crippen LogP contribution in [0.15, 0.2) is 54.6 Å². The minimum absolute atomic E-state index is 0.0261. The summed E-state index contributed by atoms with van der Waals surface area (Å²) in [5.74, 6) is -0.521. The number of hydrogen-bond donors (Lipinski definition) is 0. The summed E-state index contributed by atoms with van der Waals surface area (Å²) in [7, 11) is 3.68. The van der Waals surface area contributed by atoms with E-state index in [2.05, 4.69) is 22.1 Å². The molecule has 1 aromatic heterocycles.